The zero-order valence-electron chi connectivity index (χ0n) is 46.6. The third-order valence-electron chi connectivity index (χ3n) is 19.0. The standard InChI is InChI=1S/C67H79BN2S/c1-60(2,3)39-31-54-58-55(32-39)70(51-26-24-42-41-21-19-20-22-56(41)71-59(42)57(51)61(4,5)6)53-37-48-46(66(15,16)38-67(48,17)18)35-50(53)68(58)49-34-45-47(65(13,14)30-29-64(45,11)12)36-52(49)69(54)40-23-25-43-44(33-40)63(9,10)28-27-62(43,7)8/h19-26,31-37H,27-30,38H2,1-18H3. The number of hydrogen-bond acceptors (Lipinski definition) is 3. The van der Waals surface area contributed by atoms with Gasteiger partial charge in [0.1, 0.15) is 0 Å². The van der Waals surface area contributed by atoms with Gasteiger partial charge in [-0.15, -0.1) is 11.3 Å². The first-order chi connectivity index (χ1) is 32.9. The third-order valence-corrected chi connectivity index (χ3v) is 20.2. The lowest BCUT2D eigenvalue weighted by Gasteiger charge is -2.49. The summed E-state index contributed by atoms with van der Waals surface area (Å²) in [6.07, 6.45) is 5.88. The molecule has 0 atom stereocenters. The molecule has 7 aromatic rings. The number of benzene rings is 6. The maximum absolute atomic E-state index is 2.79. The van der Waals surface area contributed by atoms with Gasteiger partial charge in [0.2, 0.25) is 0 Å². The van der Waals surface area contributed by atoms with E-state index in [2.05, 4.69) is 225 Å². The second-order valence-corrected chi connectivity index (χ2v) is 30.1. The van der Waals surface area contributed by atoms with Crippen molar-refractivity contribution in [3.05, 3.63) is 136 Å². The Labute approximate surface area is 431 Å². The van der Waals surface area contributed by atoms with Gasteiger partial charge in [-0.2, -0.15) is 0 Å². The second kappa shape index (κ2) is 14.5. The number of hydrogen-bond donors (Lipinski definition) is 0. The van der Waals surface area contributed by atoms with E-state index in [1.165, 1.54) is 141 Å². The van der Waals surface area contributed by atoms with E-state index in [1.807, 2.05) is 11.3 Å². The topological polar surface area (TPSA) is 6.48 Å². The third kappa shape index (κ3) is 6.77. The molecule has 2 nitrogen and oxygen atoms in total. The summed E-state index contributed by atoms with van der Waals surface area (Å²) in [6, 6.07) is 37.8. The molecule has 0 N–H and O–H groups in total. The van der Waals surface area contributed by atoms with Crippen molar-refractivity contribution in [1.29, 1.82) is 0 Å². The lowest BCUT2D eigenvalue weighted by Crippen LogP contribution is -2.62. The Bertz CT molecular complexity index is 3450. The number of nitrogens with zero attached hydrogens (tertiary/aromatic N) is 2. The minimum Gasteiger partial charge on any atom is -0.311 e. The van der Waals surface area contributed by atoms with Gasteiger partial charge >= 0.3 is 0 Å². The largest absolute Gasteiger partial charge is 0.311 e. The molecule has 71 heavy (non-hydrogen) atoms. The Morgan fingerprint density at radius 1 is 0.437 bits per heavy atom. The summed E-state index contributed by atoms with van der Waals surface area (Å²) in [5.41, 5.74) is 24.3. The molecule has 0 amide bonds. The molecule has 0 radical (unpaired) electrons. The van der Waals surface area contributed by atoms with Crippen LogP contribution in [-0.2, 0) is 43.3 Å². The Hall–Kier alpha value is -4.80. The number of anilines is 6. The van der Waals surface area contributed by atoms with E-state index < -0.39 is 0 Å². The van der Waals surface area contributed by atoms with Crippen molar-refractivity contribution >= 4 is 88.7 Å². The van der Waals surface area contributed by atoms with Crippen molar-refractivity contribution < 1.29 is 0 Å². The zero-order valence-corrected chi connectivity index (χ0v) is 47.4. The van der Waals surface area contributed by atoms with E-state index in [0.717, 1.165) is 6.42 Å². The van der Waals surface area contributed by atoms with Gasteiger partial charge in [-0.05, 0) is 185 Å². The van der Waals surface area contributed by atoms with Gasteiger partial charge in [-0.25, -0.2) is 0 Å². The average Bonchev–Trinajstić information content (AvgIpc) is 3.74. The van der Waals surface area contributed by atoms with Crippen LogP contribution < -0.4 is 26.2 Å². The molecule has 0 unspecified atom stereocenters. The molecule has 3 aliphatic carbocycles. The predicted octanol–water partition coefficient (Wildman–Crippen LogP) is 17.4. The summed E-state index contributed by atoms with van der Waals surface area (Å²) in [7, 11) is 0. The summed E-state index contributed by atoms with van der Waals surface area (Å²) in [4.78, 5) is 5.55. The van der Waals surface area contributed by atoms with E-state index in [4.69, 9.17) is 0 Å². The van der Waals surface area contributed by atoms with Crippen LogP contribution in [0.5, 0.6) is 0 Å². The molecule has 0 fully saturated rings. The molecule has 5 aliphatic rings. The van der Waals surface area contributed by atoms with Gasteiger partial charge in [0.15, 0.2) is 0 Å². The van der Waals surface area contributed by atoms with Crippen LogP contribution in [0, 0.1) is 0 Å². The van der Waals surface area contributed by atoms with Crippen LogP contribution in [0.1, 0.15) is 201 Å². The van der Waals surface area contributed by atoms with Crippen molar-refractivity contribution in [1.82, 2.24) is 0 Å². The molecule has 366 valence electrons. The Morgan fingerprint density at radius 3 is 1.51 bits per heavy atom. The fourth-order valence-corrected chi connectivity index (χ4v) is 16.3. The van der Waals surface area contributed by atoms with E-state index in [9.17, 15) is 0 Å². The molecule has 0 saturated heterocycles. The molecule has 3 heterocycles. The maximum Gasteiger partial charge on any atom is 0.252 e. The van der Waals surface area contributed by atoms with Crippen LogP contribution in [-0.4, -0.2) is 6.71 Å². The number of fused-ring (bicyclic) bond motifs is 10. The molecule has 12 rings (SSSR count). The second-order valence-electron chi connectivity index (χ2n) is 29.1. The van der Waals surface area contributed by atoms with Crippen molar-refractivity contribution in [2.24, 2.45) is 0 Å². The first kappa shape index (κ1) is 47.2. The van der Waals surface area contributed by atoms with Crippen LogP contribution in [0.4, 0.5) is 34.1 Å². The maximum atomic E-state index is 2.79. The van der Waals surface area contributed by atoms with Crippen molar-refractivity contribution in [2.45, 2.75) is 200 Å². The first-order valence-corrected chi connectivity index (χ1v) is 28.0. The molecule has 0 spiro atoms. The van der Waals surface area contributed by atoms with Crippen LogP contribution >= 0.6 is 11.3 Å². The SMILES string of the molecule is CC(C)(C)c1cc2c3c(c1)N(c1ccc4c(sc5ccccc54)c1C(C)(C)C)c1cc4c(cc1B3c1cc3c(cc1N2c1ccc2c(c1)C(C)(C)CCC2(C)C)C(C)(C)CCC3(C)C)C(C)(C)CC4(C)C. The van der Waals surface area contributed by atoms with Gasteiger partial charge in [-0.3, -0.25) is 0 Å². The van der Waals surface area contributed by atoms with Crippen LogP contribution in [0.25, 0.3) is 20.2 Å². The highest BCUT2D eigenvalue weighted by atomic mass is 32.1. The van der Waals surface area contributed by atoms with Gasteiger partial charge in [0.05, 0.1) is 5.69 Å². The molecule has 4 heteroatoms. The van der Waals surface area contributed by atoms with Crippen LogP contribution in [0.3, 0.4) is 0 Å². The average molecular weight is 955 g/mol. The molecule has 2 aliphatic heterocycles. The lowest BCUT2D eigenvalue weighted by molar-refractivity contribution is 0.332. The van der Waals surface area contributed by atoms with E-state index in [1.54, 1.807) is 0 Å². The van der Waals surface area contributed by atoms with Crippen LogP contribution in [0.2, 0.25) is 0 Å². The molecular formula is C67H79BN2S. The van der Waals surface area contributed by atoms with E-state index in [0.29, 0.717) is 0 Å². The van der Waals surface area contributed by atoms with Gasteiger partial charge in [0.25, 0.3) is 6.71 Å². The molecule has 0 bridgehead atoms. The van der Waals surface area contributed by atoms with Gasteiger partial charge in [-0.1, -0.05) is 167 Å². The molecule has 6 aromatic carbocycles. The summed E-state index contributed by atoms with van der Waals surface area (Å²) in [5.74, 6) is 0. The predicted molar refractivity (Wildman–Crippen MR) is 312 cm³/mol. The quantitative estimate of drug-likeness (QED) is 0.159. The molecular weight excluding hydrogens is 876 g/mol. The number of rotatable bonds is 2. The fraction of sp³-hybridized carbons (Fsp3) is 0.463. The van der Waals surface area contributed by atoms with E-state index in [-0.39, 0.29) is 50.0 Å². The molecule has 0 saturated carbocycles. The van der Waals surface area contributed by atoms with Crippen molar-refractivity contribution in [3.63, 3.8) is 0 Å². The normalized spacial score (nSPS) is 20.6. The summed E-state index contributed by atoms with van der Waals surface area (Å²) >= 11 is 1.98. The smallest absolute Gasteiger partial charge is 0.252 e. The van der Waals surface area contributed by atoms with Crippen molar-refractivity contribution in [2.75, 3.05) is 9.80 Å². The zero-order chi connectivity index (χ0) is 50.7. The lowest BCUT2D eigenvalue weighted by atomic mass is 9.32. The fourth-order valence-electron chi connectivity index (χ4n) is 14.9. The Balaban J connectivity index is 1.26. The van der Waals surface area contributed by atoms with Crippen molar-refractivity contribution in [3.8, 4) is 0 Å². The van der Waals surface area contributed by atoms with Gasteiger partial charge in [0, 0.05) is 48.6 Å². The summed E-state index contributed by atoms with van der Waals surface area (Å²) < 4.78 is 2.77. The number of thiophene rings is 1. The Morgan fingerprint density at radius 2 is 0.930 bits per heavy atom. The van der Waals surface area contributed by atoms with Crippen LogP contribution in [0.15, 0.2) is 91.0 Å². The first-order valence-electron chi connectivity index (χ1n) is 27.2. The molecule has 1 aromatic heterocycles. The van der Waals surface area contributed by atoms with E-state index >= 15 is 0 Å². The Kier molecular flexibility index (Phi) is 9.64. The minimum absolute atomic E-state index is 0.0330. The monoisotopic (exact) mass is 955 g/mol. The minimum atomic E-state index is -0.147. The summed E-state index contributed by atoms with van der Waals surface area (Å²) in [5, 5.41) is 2.72. The highest BCUT2D eigenvalue weighted by molar-refractivity contribution is 7.26. The van der Waals surface area contributed by atoms with Gasteiger partial charge < -0.3 is 9.80 Å². The highest BCUT2D eigenvalue weighted by Crippen LogP contribution is 2.57. The highest BCUT2D eigenvalue weighted by Gasteiger charge is 2.51. The summed E-state index contributed by atoms with van der Waals surface area (Å²) in [6.45, 7) is 44.6.